The summed E-state index contributed by atoms with van der Waals surface area (Å²) in [6, 6.07) is 13.8. The van der Waals surface area contributed by atoms with Crippen molar-refractivity contribution in [1.82, 2.24) is 0 Å². The van der Waals surface area contributed by atoms with Crippen LogP contribution >= 0.6 is 0 Å². The Labute approximate surface area is 107 Å². The number of hydrogen-bond donors (Lipinski definition) is 1. The molecule has 0 saturated heterocycles. The van der Waals surface area contributed by atoms with Gasteiger partial charge in [-0.2, -0.15) is 0 Å². The molecule has 3 nitrogen and oxygen atoms in total. The lowest BCUT2D eigenvalue weighted by molar-refractivity contribution is -0.143. The Kier molecular flexibility index (Phi) is 3.82. The van der Waals surface area contributed by atoms with Crippen molar-refractivity contribution in [2.24, 2.45) is 0 Å². The average molecular weight is 243 g/mol. The lowest BCUT2D eigenvalue weighted by Gasteiger charge is -2.14. The van der Waals surface area contributed by atoms with Crippen molar-refractivity contribution in [2.45, 2.75) is 19.9 Å². The minimum atomic E-state index is -0.342. The van der Waals surface area contributed by atoms with Crippen LogP contribution in [0.1, 0.15) is 13.8 Å². The summed E-state index contributed by atoms with van der Waals surface area (Å²) in [5.74, 6) is -0.231. The van der Waals surface area contributed by atoms with Crippen molar-refractivity contribution < 1.29 is 9.53 Å². The molecule has 2 aromatic carbocycles. The topological polar surface area (TPSA) is 38.3 Å². The molecule has 0 aliphatic carbocycles. The van der Waals surface area contributed by atoms with Gasteiger partial charge in [0.2, 0.25) is 0 Å². The summed E-state index contributed by atoms with van der Waals surface area (Å²) in [4.78, 5) is 11.5. The molecular formula is C15H17NO2. The van der Waals surface area contributed by atoms with Crippen LogP contribution in [0.25, 0.3) is 10.8 Å². The summed E-state index contributed by atoms with van der Waals surface area (Å²) in [5, 5.41) is 5.48. The normalized spacial score (nSPS) is 12.1. The molecule has 1 atom stereocenters. The molecule has 0 aliphatic rings. The van der Waals surface area contributed by atoms with Crippen LogP contribution in [-0.2, 0) is 9.53 Å². The lowest BCUT2D eigenvalue weighted by Crippen LogP contribution is -2.28. The van der Waals surface area contributed by atoms with Gasteiger partial charge in [-0.3, -0.25) is 0 Å². The van der Waals surface area contributed by atoms with Gasteiger partial charge in [0.1, 0.15) is 6.04 Å². The first-order chi connectivity index (χ1) is 8.70. The number of anilines is 1. The number of fused-ring (bicyclic) bond motifs is 1. The fraction of sp³-hybridized carbons (Fsp3) is 0.267. The van der Waals surface area contributed by atoms with E-state index in [2.05, 4.69) is 17.4 Å². The molecule has 0 bridgehead atoms. The van der Waals surface area contributed by atoms with Gasteiger partial charge in [0.15, 0.2) is 0 Å². The number of esters is 1. The SMILES string of the molecule is CCOC(=O)[C@H](C)Nc1ccc2ccccc2c1. The van der Waals surface area contributed by atoms with Gasteiger partial charge in [0.05, 0.1) is 6.61 Å². The average Bonchev–Trinajstić information content (AvgIpc) is 2.39. The molecular weight excluding hydrogens is 226 g/mol. The number of benzene rings is 2. The molecule has 0 saturated carbocycles. The monoisotopic (exact) mass is 243 g/mol. The van der Waals surface area contributed by atoms with Crippen molar-refractivity contribution in [3.05, 3.63) is 42.5 Å². The number of rotatable bonds is 4. The Bertz CT molecular complexity index is 551. The van der Waals surface area contributed by atoms with E-state index in [1.807, 2.05) is 30.3 Å². The van der Waals surface area contributed by atoms with Crippen LogP contribution in [0.4, 0.5) is 5.69 Å². The van der Waals surface area contributed by atoms with Crippen LogP contribution in [0.3, 0.4) is 0 Å². The minimum absolute atomic E-state index is 0.231. The summed E-state index contributed by atoms with van der Waals surface area (Å²) >= 11 is 0. The zero-order chi connectivity index (χ0) is 13.0. The maximum absolute atomic E-state index is 11.5. The van der Waals surface area contributed by atoms with E-state index in [1.165, 1.54) is 5.39 Å². The van der Waals surface area contributed by atoms with Crippen LogP contribution in [0.2, 0.25) is 0 Å². The highest BCUT2D eigenvalue weighted by molar-refractivity contribution is 5.87. The summed E-state index contributed by atoms with van der Waals surface area (Å²) in [5.41, 5.74) is 0.925. The van der Waals surface area contributed by atoms with E-state index < -0.39 is 0 Å². The van der Waals surface area contributed by atoms with Gasteiger partial charge < -0.3 is 10.1 Å². The largest absolute Gasteiger partial charge is 0.464 e. The highest BCUT2D eigenvalue weighted by Crippen LogP contribution is 2.19. The number of carbonyl (C=O) groups is 1. The van der Waals surface area contributed by atoms with E-state index in [9.17, 15) is 4.79 Å². The summed E-state index contributed by atoms with van der Waals surface area (Å²) in [6.45, 7) is 4.01. The molecule has 0 radical (unpaired) electrons. The number of ether oxygens (including phenoxy) is 1. The van der Waals surface area contributed by atoms with Crippen molar-refractivity contribution in [3.63, 3.8) is 0 Å². The molecule has 0 fully saturated rings. The van der Waals surface area contributed by atoms with E-state index in [-0.39, 0.29) is 12.0 Å². The van der Waals surface area contributed by atoms with Gasteiger partial charge in [-0.1, -0.05) is 30.3 Å². The second-order valence-corrected chi connectivity index (χ2v) is 4.18. The molecule has 18 heavy (non-hydrogen) atoms. The summed E-state index contributed by atoms with van der Waals surface area (Å²) in [7, 11) is 0. The smallest absolute Gasteiger partial charge is 0.328 e. The molecule has 0 unspecified atom stereocenters. The van der Waals surface area contributed by atoms with Gasteiger partial charge in [0, 0.05) is 5.69 Å². The first kappa shape index (κ1) is 12.4. The van der Waals surface area contributed by atoms with Gasteiger partial charge in [0.25, 0.3) is 0 Å². The maximum Gasteiger partial charge on any atom is 0.328 e. The zero-order valence-corrected chi connectivity index (χ0v) is 10.6. The molecule has 0 aromatic heterocycles. The predicted octanol–water partition coefficient (Wildman–Crippen LogP) is 3.20. The third-order valence-corrected chi connectivity index (χ3v) is 2.77. The Hall–Kier alpha value is -2.03. The Balaban J connectivity index is 2.14. The standard InChI is InChI=1S/C15H17NO2/c1-3-18-15(17)11(2)16-14-9-8-12-6-4-5-7-13(12)10-14/h4-11,16H,3H2,1-2H3/t11-/m0/s1. The predicted molar refractivity (Wildman–Crippen MR) is 73.7 cm³/mol. The fourth-order valence-electron chi connectivity index (χ4n) is 1.86. The maximum atomic E-state index is 11.5. The van der Waals surface area contributed by atoms with Crippen molar-refractivity contribution >= 4 is 22.4 Å². The van der Waals surface area contributed by atoms with E-state index in [1.54, 1.807) is 13.8 Å². The lowest BCUT2D eigenvalue weighted by atomic mass is 10.1. The van der Waals surface area contributed by atoms with Gasteiger partial charge in [-0.15, -0.1) is 0 Å². The minimum Gasteiger partial charge on any atom is -0.464 e. The van der Waals surface area contributed by atoms with E-state index >= 15 is 0 Å². The van der Waals surface area contributed by atoms with Crippen molar-refractivity contribution in [1.29, 1.82) is 0 Å². The highest BCUT2D eigenvalue weighted by Gasteiger charge is 2.13. The molecule has 0 aliphatic heterocycles. The molecule has 0 spiro atoms. The van der Waals surface area contributed by atoms with E-state index in [4.69, 9.17) is 4.74 Å². The van der Waals surface area contributed by atoms with Crippen molar-refractivity contribution in [2.75, 3.05) is 11.9 Å². The van der Waals surface area contributed by atoms with Crippen molar-refractivity contribution in [3.8, 4) is 0 Å². The molecule has 2 aromatic rings. The molecule has 0 amide bonds. The second-order valence-electron chi connectivity index (χ2n) is 4.18. The number of carbonyl (C=O) groups excluding carboxylic acids is 1. The van der Waals surface area contributed by atoms with E-state index in [0.29, 0.717) is 6.61 Å². The first-order valence-corrected chi connectivity index (χ1v) is 6.12. The Morgan fingerprint density at radius 2 is 1.94 bits per heavy atom. The van der Waals surface area contributed by atoms with Crippen LogP contribution in [0.5, 0.6) is 0 Å². The fourth-order valence-corrected chi connectivity index (χ4v) is 1.86. The van der Waals surface area contributed by atoms with E-state index in [0.717, 1.165) is 11.1 Å². The number of nitrogens with one attached hydrogen (secondary N) is 1. The summed E-state index contributed by atoms with van der Waals surface area (Å²) in [6.07, 6.45) is 0. The molecule has 2 rings (SSSR count). The Morgan fingerprint density at radius 3 is 2.67 bits per heavy atom. The van der Waals surface area contributed by atoms with Crippen LogP contribution in [0.15, 0.2) is 42.5 Å². The van der Waals surface area contributed by atoms with Gasteiger partial charge in [-0.25, -0.2) is 4.79 Å². The molecule has 94 valence electrons. The third kappa shape index (κ3) is 2.80. The summed E-state index contributed by atoms with van der Waals surface area (Å²) < 4.78 is 4.96. The Morgan fingerprint density at radius 1 is 1.22 bits per heavy atom. The molecule has 3 heteroatoms. The first-order valence-electron chi connectivity index (χ1n) is 6.12. The van der Waals surface area contributed by atoms with Crippen LogP contribution in [0, 0.1) is 0 Å². The van der Waals surface area contributed by atoms with Crippen LogP contribution < -0.4 is 5.32 Å². The molecule has 0 heterocycles. The second kappa shape index (κ2) is 5.54. The van der Waals surface area contributed by atoms with Gasteiger partial charge in [-0.05, 0) is 36.8 Å². The zero-order valence-electron chi connectivity index (χ0n) is 10.6. The third-order valence-electron chi connectivity index (χ3n) is 2.77. The molecule has 1 N–H and O–H groups in total. The van der Waals surface area contributed by atoms with Crippen LogP contribution in [-0.4, -0.2) is 18.6 Å². The quantitative estimate of drug-likeness (QED) is 0.838. The van der Waals surface area contributed by atoms with Gasteiger partial charge >= 0.3 is 5.97 Å². The highest BCUT2D eigenvalue weighted by atomic mass is 16.5. The number of hydrogen-bond acceptors (Lipinski definition) is 3.